The molecule has 5 nitrogen and oxygen atoms in total. The van der Waals surface area contributed by atoms with Gasteiger partial charge in [0.2, 0.25) is 0 Å². The van der Waals surface area contributed by atoms with Crippen LogP contribution in [0.5, 0.6) is 11.5 Å². The molecule has 7 heteroatoms. The fraction of sp³-hybridized carbons (Fsp3) is 0.316. The third-order valence-corrected chi connectivity index (χ3v) is 4.97. The van der Waals surface area contributed by atoms with Crippen molar-refractivity contribution in [2.75, 3.05) is 26.2 Å². The summed E-state index contributed by atoms with van der Waals surface area (Å²) in [7, 11) is 0. The van der Waals surface area contributed by atoms with Crippen LogP contribution in [0.1, 0.15) is 0 Å². The Labute approximate surface area is 162 Å². The number of nitrogens with zero attached hydrogens (tertiary/aromatic N) is 2. The van der Waals surface area contributed by atoms with Crippen molar-refractivity contribution in [3.8, 4) is 11.5 Å². The van der Waals surface area contributed by atoms with Crippen LogP contribution in [-0.4, -0.2) is 54.2 Å². The van der Waals surface area contributed by atoms with E-state index in [1.54, 1.807) is 34.1 Å². The highest BCUT2D eigenvalue weighted by Gasteiger charge is 2.40. The largest absolute Gasteiger partial charge is 0.487 e. The fourth-order valence-electron chi connectivity index (χ4n) is 2.95. The molecule has 2 heterocycles. The molecule has 0 N–H and O–H groups in total. The lowest BCUT2D eigenvalue weighted by molar-refractivity contribution is -0.00480. The van der Waals surface area contributed by atoms with Gasteiger partial charge in [0.05, 0.1) is 26.2 Å². The zero-order chi connectivity index (χ0) is 18.1. The Hall–Kier alpha value is -2.11. The quantitative estimate of drug-likeness (QED) is 0.790. The SMILES string of the molecule is O=C(N1CC(Oc2ccc(Cl)cc2)C1)N1CC(Oc2ccc(Cl)cc2)C1. The number of carbonyl (C=O) groups is 1. The standard InChI is InChI=1S/C19H18Cl2N2O3/c20-13-1-5-15(6-2-13)25-17-9-22(10-17)19(24)23-11-18(12-23)26-16-7-3-14(21)4-8-16/h1-8,17-18H,9-12H2. The van der Waals surface area contributed by atoms with Crippen LogP contribution >= 0.6 is 23.2 Å². The molecule has 0 unspecified atom stereocenters. The number of halogens is 2. The first kappa shape index (κ1) is 17.3. The Morgan fingerprint density at radius 1 is 0.731 bits per heavy atom. The second-order valence-electron chi connectivity index (χ2n) is 6.48. The summed E-state index contributed by atoms with van der Waals surface area (Å²) in [4.78, 5) is 16.0. The molecule has 2 aromatic rings. The Balaban J connectivity index is 1.19. The molecule has 4 rings (SSSR count). The summed E-state index contributed by atoms with van der Waals surface area (Å²) in [5.74, 6) is 1.54. The van der Waals surface area contributed by atoms with Crippen LogP contribution in [0.3, 0.4) is 0 Å². The zero-order valence-corrected chi connectivity index (χ0v) is 15.5. The number of rotatable bonds is 4. The van der Waals surface area contributed by atoms with Gasteiger partial charge in [-0.15, -0.1) is 0 Å². The molecule has 0 spiro atoms. The van der Waals surface area contributed by atoms with Gasteiger partial charge in [-0.3, -0.25) is 0 Å². The maximum atomic E-state index is 12.4. The van der Waals surface area contributed by atoms with E-state index in [1.807, 2.05) is 24.3 Å². The number of hydrogen-bond donors (Lipinski definition) is 0. The number of benzene rings is 2. The maximum absolute atomic E-state index is 12.4. The summed E-state index contributed by atoms with van der Waals surface area (Å²) < 4.78 is 11.6. The lowest BCUT2D eigenvalue weighted by Crippen LogP contribution is -2.65. The molecule has 0 atom stereocenters. The minimum Gasteiger partial charge on any atom is -0.487 e. The molecular formula is C19H18Cl2N2O3. The summed E-state index contributed by atoms with van der Waals surface area (Å²) in [6, 6.07) is 14.5. The monoisotopic (exact) mass is 392 g/mol. The Morgan fingerprint density at radius 3 is 1.42 bits per heavy atom. The van der Waals surface area contributed by atoms with Gasteiger partial charge in [0, 0.05) is 10.0 Å². The van der Waals surface area contributed by atoms with E-state index < -0.39 is 0 Å². The molecule has 0 radical (unpaired) electrons. The van der Waals surface area contributed by atoms with Crippen molar-refractivity contribution < 1.29 is 14.3 Å². The molecule has 0 aliphatic carbocycles. The molecule has 2 saturated heterocycles. The fourth-order valence-corrected chi connectivity index (χ4v) is 3.20. The van der Waals surface area contributed by atoms with E-state index in [4.69, 9.17) is 32.7 Å². The highest BCUT2D eigenvalue weighted by molar-refractivity contribution is 6.30. The number of carbonyl (C=O) groups excluding carboxylic acids is 1. The van der Waals surface area contributed by atoms with Crippen molar-refractivity contribution >= 4 is 29.2 Å². The van der Waals surface area contributed by atoms with Crippen LogP contribution in [0.2, 0.25) is 10.0 Å². The Morgan fingerprint density at radius 2 is 1.08 bits per heavy atom. The molecule has 0 bridgehead atoms. The molecule has 2 aliphatic rings. The smallest absolute Gasteiger partial charge is 0.320 e. The van der Waals surface area contributed by atoms with Crippen molar-refractivity contribution in [2.24, 2.45) is 0 Å². The number of urea groups is 1. The zero-order valence-electron chi connectivity index (χ0n) is 14.0. The van der Waals surface area contributed by atoms with Crippen LogP contribution in [0, 0.1) is 0 Å². The number of likely N-dealkylation sites (tertiary alicyclic amines) is 2. The van der Waals surface area contributed by atoms with E-state index in [0.717, 1.165) is 11.5 Å². The van der Waals surface area contributed by atoms with Crippen LogP contribution in [0.25, 0.3) is 0 Å². The number of hydrogen-bond acceptors (Lipinski definition) is 3. The van der Waals surface area contributed by atoms with Gasteiger partial charge in [-0.2, -0.15) is 0 Å². The first-order chi connectivity index (χ1) is 12.6. The van der Waals surface area contributed by atoms with Crippen molar-refractivity contribution in [2.45, 2.75) is 12.2 Å². The van der Waals surface area contributed by atoms with Gasteiger partial charge in [-0.05, 0) is 48.5 Å². The average Bonchev–Trinajstić information content (AvgIpc) is 2.56. The topological polar surface area (TPSA) is 42.0 Å². The number of amides is 2. The van der Waals surface area contributed by atoms with Gasteiger partial charge in [-0.25, -0.2) is 4.79 Å². The van der Waals surface area contributed by atoms with Gasteiger partial charge in [-0.1, -0.05) is 23.2 Å². The van der Waals surface area contributed by atoms with E-state index in [0.29, 0.717) is 36.2 Å². The molecule has 2 aliphatic heterocycles. The highest BCUT2D eigenvalue weighted by atomic mass is 35.5. The van der Waals surface area contributed by atoms with E-state index >= 15 is 0 Å². The summed E-state index contributed by atoms with van der Waals surface area (Å²) in [6.45, 7) is 2.39. The Kier molecular flexibility index (Phi) is 4.83. The average molecular weight is 393 g/mol. The first-order valence-corrected chi connectivity index (χ1v) is 9.21. The van der Waals surface area contributed by atoms with E-state index in [1.165, 1.54) is 0 Å². The van der Waals surface area contributed by atoms with Gasteiger partial charge in [0.1, 0.15) is 23.7 Å². The second kappa shape index (κ2) is 7.25. The lowest BCUT2D eigenvalue weighted by Gasteiger charge is -2.46. The van der Waals surface area contributed by atoms with Crippen molar-refractivity contribution in [1.82, 2.24) is 9.80 Å². The van der Waals surface area contributed by atoms with E-state index in [-0.39, 0.29) is 18.2 Å². The van der Waals surface area contributed by atoms with E-state index in [2.05, 4.69) is 0 Å². The summed E-state index contributed by atoms with van der Waals surface area (Å²) in [5, 5.41) is 1.35. The maximum Gasteiger partial charge on any atom is 0.320 e. The molecule has 2 fully saturated rings. The summed E-state index contributed by atoms with van der Waals surface area (Å²) in [6.07, 6.45) is 0.0602. The summed E-state index contributed by atoms with van der Waals surface area (Å²) >= 11 is 11.7. The lowest BCUT2D eigenvalue weighted by atomic mass is 10.1. The van der Waals surface area contributed by atoms with Crippen LogP contribution in [-0.2, 0) is 0 Å². The van der Waals surface area contributed by atoms with Gasteiger partial charge in [0.15, 0.2) is 0 Å². The Bertz CT molecular complexity index is 705. The molecule has 2 aromatic carbocycles. The highest BCUT2D eigenvalue weighted by Crippen LogP contribution is 2.24. The third-order valence-electron chi connectivity index (χ3n) is 4.47. The second-order valence-corrected chi connectivity index (χ2v) is 7.35. The number of ether oxygens (including phenoxy) is 2. The minimum absolute atomic E-state index is 0.0301. The third kappa shape index (κ3) is 3.84. The molecule has 2 amide bonds. The van der Waals surface area contributed by atoms with Crippen molar-refractivity contribution in [3.63, 3.8) is 0 Å². The van der Waals surface area contributed by atoms with Crippen LogP contribution in [0.4, 0.5) is 4.79 Å². The molecule has 136 valence electrons. The van der Waals surface area contributed by atoms with Gasteiger partial charge < -0.3 is 19.3 Å². The van der Waals surface area contributed by atoms with E-state index in [9.17, 15) is 4.79 Å². The minimum atomic E-state index is 0.0301. The first-order valence-electron chi connectivity index (χ1n) is 8.45. The van der Waals surface area contributed by atoms with Crippen LogP contribution < -0.4 is 9.47 Å². The van der Waals surface area contributed by atoms with Crippen LogP contribution in [0.15, 0.2) is 48.5 Å². The van der Waals surface area contributed by atoms with Crippen molar-refractivity contribution in [3.05, 3.63) is 58.6 Å². The predicted octanol–water partition coefficient (Wildman–Crippen LogP) is 3.94. The van der Waals surface area contributed by atoms with Gasteiger partial charge >= 0.3 is 6.03 Å². The van der Waals surface area contributed by atoms with Crippen molar-refractivity contribution in [1.29, 1.82) is 0 Å². The normalized spacial score (nSPS) is 17.5. The molecule has 26 heavy (non-hydrogen) atoms. The summed E-state index contributed by atoms with van der Waals surface area (Å²) in [5.41, 5.74) is 0. The predicted molar refractivity (Wildman–Crippen MR) is 100 cm³/mol. The molecular weight excluding hydrogens is 375 g/mol. The molecule has 0 saturated carbocycles. The van der Waals surface area contributed by atoms with Gasteiger partial charge in [0.25, 0.3) is 0 Å². The molecule has 0 aromatic heterocycles.